The van der Waals surface area contributed by atoms with Crippen molar-refractivity contribution in [3.63, 3.8) is 0 Å². The van der Waals surface area contributed by atoms with Crippen molar-refractivity contribution in [3.05, 3.63) is 42.2 Å². The lowest BCUT2D eigenvalue weighted by molar-refractivity contribution is 0.198. The van der Waals surface area contributed by atoms with Crippen LogP contribution in [0.15, 0.2) is 30.9 Å². The van der Waals surface area contributed by atoms with Crippen LogP contribution in [0.2, 0.25) is 0 Å². The van der Waals surface area contributed by atoms with Crippen molar-refractivity contribution in [1.82, 2.24) is 0 Å². The fraction of sp³-hybridized carbons (Fsp3) is 0.273. The maximum Gasteiger partial charge on any atom is 0.165 e. The summed E-state index contributed by atoms with van der Waals surface area (Å²) in [5.41, 5.74) is 0.536. The first-order valence-corrected chi connectivity index (χ1v) is 4.36. The van der Waals surface area contributed by atoms with Crippen molar-refractivity contribution in [2.45, 2.75) is 13.0 Å². The van der Waals surface area contributed by atoms with Crippen LogP contribution in [0.3, 0.4) is 0 Å². The normalized spacial score (nSPS) is 12.2. The fourth-order valence-electron chi connectivity index (χ4n) is 1.04. The van der Waals surface area contributed by atoms with Gasteiger partial charge in [0.15, 0.2) is 11.6 Å². The van der Waals surface area contributed by atoms with Gasteiger partial charge in [-0.15, -0.1) is 0 Å². The molecule has 76 valence electrons. The first-order chi connectivity index (χ1) is 6.65. The molecular weight excluding hydrogens is 183 g/mol. The maximum absolute atomic E-state index is 13.3. The Hall–Kier alpha value is -1.35. The number of hydrogen-bond acceptors (Lipinski definition) is 2. The molecule has 0 radical (unpaired) electrons. The average molecular weight is 196 g/mol. The van der Waals surface area contributed by atoms with E-state index in [1.165, 1.54) is 12.1 Å². The molecule has 1 N–H and O–H groups in total. The van der Waals surface area contributed by atoms with Crippen molar-refractivity contribution in [2.75, 3.05) is 6.61 Å². The van der Waals surface area contributed by atoms with Crippen LogP contribution in [-0.2, 0) is 0 Å². The summed E-state index contributed by atoms with van der Waals surface area (Å²) in [7, 11) is 0. The number of rotatable bonds is 4. The highest BCUT2D eigenvalue weighted by Crippen LogP contribution is 2.21. The van der Waals surface area contributed by atoms with Crippen molar-refractivity contribution >= 4 is 0 Å². The topological polar surface area (TPSA) is 29.5 Å². The summed E-state index contributed by atoms with van der Waals surface area (Å²) in [6.07, 6.45) is 0.875. The van der Waals surface area contributed by atoms with E-state index in [9.17, 15) is 9.50 Å². The fourth-order valence-corrected chi connectivity index (χ4v) is 1.04. The van der Waals surface area contributed by atoms with E-state index in [4.69, 9.17) is 4.74 Å². The van der Waals surface area contributed by atoms with Gasteiger partial charge >= 0.3 is 0 Å². The minimum atomic E-state index is -0.669. The highest BCUT2D eigenvalue weighted by molar-refractivity contribution is 5.30. The average Bonchev–Trinajstić information content (AvgIpc) is 2.15. The SMILES string of the molecule is C=CCOc1ccc([C@@H](C)O)cc1F. The summed E-state index contributed by atoms with van der Waals surface area (Å²) < 4.78 is 18.3. The van der Waals surface area contributed by atoms with Gasteiger partial charge in [-0.3, -0.25) is 0 Å². The Labute approximate surface area is 82.6 Å². The minimum Gasteiger partial charge on any atom is -0.486 e. The maximum atomic E-state index is 13.3. The summed E-state index contributed by atoms with van der Waals surface area (Å²) >= 11 is 0. The quantitative estimate of drug-likeness (QED) is 0.749. The molecule has 0 bridgehead atoms. The zero-order valence-electron chi connectivity index (χ0n) is 8.03. The second kappa shape index (κ2) is 4.77. The molecule has 0 unspecified atom stereocenters. The number of hydrogen-bond donors (Lipinski definition) is 1. The van der Waals surface area contributed by atoms with E-state index in [0.29, 0.717) is 5.56 Å². The van der Waals surface area contributed by atoms with E-state index in [-0.39, 0.29) is 12.4 Å². The van der Waals surface area contributed by atoms with Gasteiger partial charge in [-0.2, -0.15) is 0 Å². The first-order valence-electron chi connectivity index (χ1n) is 4.36. The third kappa shape index (κ3) is 2.57. The lowest BCUT2D eigenvalue weighted by Crippen LogP contribution is -1.98. The van der Waals surface area contributed by atoms with Crippen LogP contribution in [0, 0.1) is 5.82 Å². The van der Waals surface area contributed by atoms with Gasteiger partial charge in [0, 0.05) is 0 Å². The van der Waals surface area contributed by atoms with Gasteiger partial charge in [0.2, 0.25) is 0 Å². The zero-order chi connectivity index (χ0) is 10.6. The highest BCUT2D eigenvalue weighted by atomic mass is 19.1. The third-order valence-corrected chi connectivity index (χ3v) is 1.80. The van der Waals surface area contributed by atoms with E-state index in [2.05, 4.69) is 6.58 Å². The molecule has 0 heterocycles. The Kier molecular flexibility index (Phi) is 3.65. The zero-order valence-corrected chi connectivity index (χ0v) is 8.03. The van der Waals surface area contributed by atoms with Gasteiger partial charge < -0.3 is 9.84 Å². The van der Waals surface area contributed by atoms with Crippen LogP contribution in [-0.4, -0.2) is 11.7 Å². The smallest absolute Gasteiger partial charge is 0.165 e. The molecule has 14 heavy (non-hydrogen) atoms. The lowest BCUT2D eigenvalue weighted by atomic mass is 10.1. The molecule has 0 amide bonds. The third-order valence-electron chi connectivity index (χ3n) is 1.80. The Balaban J connectivity index is 2.84. The molecule has 1 aromatic rings. The summed E-state index contributed by atoms with van der Waals surface area (Å²) in [5.74, 6) is -0.292. The lowest BCUT2D eigenvalue weighted by Gasteiger charge is -2.08. The van der Waals surface area contributed by atoms with Crippen LogP contribution in [0.4, 0.5) is 4.39 Å². The van der Waals surface area contributed by atoms with Gasteiger partial charge in [-0.1, -0.05) is 18.7 Å². The summed E-state index contributed by atoms with van der Waals surface area (Å²) in [6.45, 7) is 5.31. The van der Waals surface area contributed by atoms with Gasteiger partial charge in [0.1, 0.15) is 6.61 Å². The molecule has 0 aliphatic heterocycles. The number of ether oxygens (including phenoxy) is 1. The second-order valence-corrected chi connectivity index (χ2v) is 2.97. The van der Waals surface area contributed by atoms with Gasteiger partial charge in [0.25, 0.3) is 0 Å². The Bertz CT molecular complexity index is 321. The van der Waals surface area contributed by atoms with E-state index < -0.39 is 11.9 Å². The molecule has 1 atom stereocenters. The van der Waals surface area contributed by atoms with E-state index in [1.807, 2.05) is 0 Å². The van der Waals surface area contributed by atoms with Crippen molar-refractivity contribution in [3.8, 4) is 5.75 Å². The van der Waals surface area contributed by atoms with Crippen LogP contribution >= 0.6 is 0 Å². The standard InChI is InChI=1S/C11H13FO2/c1-3-6-14-11-5-4-9(8(2)13)7-10(11)12/h3-5,7-8,13H,1,6H2,2H3/t8-/m1/s1. The second-order valence-electron chi connectivity index (χ2n) is 2.97. The Morgan fingerprint density at radius 1 is 1.64 bits per heavy atom. The molecule has 0 aliphatic rings. The monoisotopic (exact) mass is 196 g/mol. The van der Waals surface area contributed by atoms with E-state index in [0.717, 1.165) is 0 Å². The van der Waals surface area contributed by atoms with Gasteiger partial charge in [0.05, 0.1) is 6.10 Å². The van der Waals surface area contributed by atoms with E-state index >= 15 is 0 Å². The molecule has 0 aliphatic carbocycles. The van der Waals surface area contributed by atoms with E-state index in [1.54, 1.807) is 19.1 Å². The number of benzene rings is 1. The molecule has 1 aromatic carbocycles. The first kappa shape index (κ1) is 10.7. The molecule has 2 nitrogen and oxygen atoms in total. The van der Waals surface area contributed by atoms with Gasteiger partial charge in [-0.25, -0.2) is 4.39 Å². The molecular formula is C11H13FO2. The summed E-state index contributed by atoms with van der Waals surface area (Å²) in [4.78, 5) is 0. The Morgan fingerprint density at radius 2 is 2.36 bits per heavy atom. The number of aliphatic hydroxyl groups is 1. The number of halogens is 1. The molecule has 0 fully saturated rings. The summed E-state index contributed by atoms with van der Waals surface area (Å²) in [6, 6.07) is 4.40. The predicted octanol–water partition coefficient (Wildman–Crippen LogP) is 2.44. The predicted molar refractivity (Wildman–Crippen MR) is 52.7 cm³/mol. The minimum absolute atomic E-state index is 0.175. The molecule has 0 aromatic heterocycles. The molecule has 0 saturated heterocycles. The van der Waals surface area contributed by atoms with Crippen molar-refractivity contribution < 1.29 is 14.2 Å². The van der Waals surface area contributed by atoms with Gasteiger partial charge in [-0.05, 0) is 24.6 Å². The highest BCUT2D eigenvalue weighted by Gasteiger charge is 2.06. The molecule has 1 rings (SSSR count). The van der Waals surface area contributed by atoms with Crippen LogP contribution in [0.5, 0.6) is 5.75 Å². The van der Waals surface area contributed by atoms with Crippen molar-refractivity contribution in [2.24, 2.45) is 0 Å². The summed E-state index contributed by atoms with van der Waals surface area (Å²) in [5, 5.41) is 9.19. The molecule has 0 saturated carbocycles. The number of aliphatic hydroxyl groups excluding tert-OH is 1. The van der Waals surface area contributed by atoms with Crippen LogP contribution < -0.4 is 4.74 Å². The Morgan fingerprint density at radius 3 is 2.86 bits per heavy atom. The largest absolute Gasteiger partial charge is 0.486 e. The van der Waals surface area contributed by atoms with Crippen LogP contribution in [0.25, 0.3) is 0 Å². The molecule has 0 spiro atoms. The van der Waals surface area contributed by atoms with Crippen molar-refractivity contribution in [1.29, 1.82) is 0 Å². The van der Waals surface area contributed by atoms with Crippen LogP contribution in [0.1, 0.15) is 18.6 Å². The molecule has 3 heteroatoms.